The number of ether oxygens (including phenoxy) is 3. The predicted molar refractivity (Wildman–Crippen MR) is 95.3 cm³/mol. The Hall–Kier alpha value is -1.64. The molecule has 0 saturated carbocycles. The van der Waals surface area contributed by atoms with Crippen molar-refractivity contribution < 1.29 is 32.2 Å². The van der Waals surface area contributed by atoms with Gasteiger partial charge >= 0.3 is 12.1 Å². The summed E-state index contributed by atoms with van der Waals surface area (Å²) < 4.78 is 58.9. The van der Waals surface area contributed by atoms with Crippen LogP contribution in [0.2, 0.25) is 0 Å². The minimum atomic E-state index is -4.80. The Morgan fingerprint density at radius 1 is 1.29 bits per heavy atom. The average molecular weight is 400 g/mol. The van der Waals surface area contributed by atoms with Crippen LogP contribution >= 0.6 is 0 Å². The number of nitrogens with zero attached hydrogens (tertiary/aromatic N) is 1. The van der Waals surface area contributed by atoms with Gasteiger partial charge < -0.3 is 14.2 Å². The van der Waals surface area contributed by atoms with Gasteiger partial charge in [0.1, 0.15) is 6.23 Å². The Labute approximate surface area is 162 Å². The van der Waals surface area contributed by atoms with Crippen LogP contribution in [0.3, 0.4) is 0 Å². The smallest absolute Gasteiger partial charge is 0.417 e. The third-order valence-corrected chi connectivity index (χ3v) is 5.15. The lowest BCUT2D eigenvalue weighted by Crippen LogP contribution is -2.70. The van der Waals surface area contributed by atoms with Crippen molar-refractivity contribution in [2.24, 2.45) is 0 Å². The molecule has 155 valence electrons. The zero-order valence-electron chi connectivity index (χ0n) is 15.8. The highest BCUT2D eigenvalue weighted by Gasteiger charge is 2.67. The first-order valence-corrected chi connectivity index (χ1v) is 9.48. The van der Waals surface area contributed by atoms with Crippen LogP contribution in [0.15, 0.2) is 30.3 Å². The molecule has 28 heavy (non-hydrogen) atoms. The van der Waals surface area contributed by atoms with Gasteiger partial charge in [-0.15, -0.1) is 0 Å². The van der Waals surface area contributed by atoms with Crippen molar-refractivity contribution in [3.63, 3.8) is 0 Å². The molecule has 5 nitrogen and oxygen atoms in total. The molecule has 1 aromatic carbocycles. The van der Waals surface area contributed by atoms with Gasteiger partial charge in [-0.1, -0.05) is 30.3 Å². The molecule has 3 unspecified atom stereocenters. The van der Waals surface area contributed by atoms with Crippen molar-refractivity contribution in [1.82, 2.24) is 4.90 Å². The van der Waals surface area contributed by atoms with Crippen LogP contribution in [-0.2, 0) is 25.4 Å². The van der Waals surface area contributed by atoms with Crippen molar-refractivity contribution in [3.8, 4) is 0 Å². The van der Waals surface area contributed by atoms with E-state index in [1.165, 1.54) is 13.3 Å². The summed E-state index contributed by atoms with van der Waals surface area (Å²) in [4.78, 5) is 13.6. The van der Waals surface area contributed by atoms with Gasteiger partial charge in [0.15, 0.2) is 0 Å². The van der Waals surface area contributed by atoms with E-state index in [2.05, 4.69) is 0 Å². The van der Waals surface area contributed by atoms with Gasteiger partial charge in [-0.05, 0) is 31.7 Å². The summed E-state index contributed by atoms with van der Waals surface area (Å²) in [7, 11) is 0. The summed E-state index contributed by atoms with van der Waals surface area (Å²) >= 11 is 0. The maximum Gasteiger partial charge on any atom is 0.417 e. The van der Waals surface area contributed by atoms with E-state index in [9.17, 15) is 18.0 Å². The number of benzene rings is 1. The molecule has 2 aliphatic heterocycles. The number of alkyl halides is 3. The van der Waals surface area contributed by atoms with E-state index in [1.54, 1.807) is 0 Å². The monoisotopic (exact) mass is 400 g/mol. The SMILES string of the molecule is CCOC(=O)C1(C(F)(F)F)C[CH]CCN1C1COCC(Cc2ccccc2)O1. The number of rotatable bonds is 5. The Bertz CT molecular complexity index is 655. The first kappa shape index (κ1) is 21.1. The second-order valence-electron chi connectivity index (χ2n) is 6.99. The fourth-order valence-electron chi connectivity index (χ4n) is 3.83. The van der Waals surface area contributed by atoms with Gasteiger partial charge in [0.25, 0.3) is 0 Å². The Morgan fingerprint density at radius 2 is 2.04 bits per heavy atom. The van der Waals surface area contributed by atoms with Crippen LogP contribution in [-0.4, -0.2) is 61.3 Å². The fraction of sp³-hybridized carbons (Fsp3) is 0.600. The molecule has 2 fully saturated rings. The molecule has 0 amide bonds. The number of esters is 1. The molecule has 0 bridgehead atoms. The Morgan fingerprint density at radius 3 is 2.71 bits per heavy atom. The van der Waals surface area contributed by atoms with Gasteiger partial charge in [0.2, 0.25) is 5.54 Å². The second-order valence-corrected chi connectivity index (χ2v) is 6.99. The molecule has 1 radical (unpaired) electrons. The molecule has 0 aromatic heterocycles. The molecule has 8 heteroatoms. The number of carbonyl (C=O) groups is 1. The largest absolute Gasteiger partial charge is 0.464 e. The summed E-state index contributed by atoms with van der Waals surface area (Å²) in [6, 6.07) is 9.55. The van der Waals surface area contributed by atoms with Crippen LogP contribution < -0.4 is 0 Å². The van der Waals surface area contributed by atoms with Crippen LogP contribution in [0.25, 0.3) is 0 Å². The van der Waals surface area contributed by atoms with E-state index in [1.807, 2.05) is 30.3 Å². The first-order chi connectivity index (χ1) is 13.4. The van der Waals surface area contributed by atoms with E-state index in [4.69, 9.17) is 14.2 Å². The summed E-state index contributed by atoms with van der Waals surface area (Å²) in [6.07, 6.45) is -4.17. The zero-order valence-corrected chi connectivity index (χ0v) is 15.8. The van der Waals surface area contributed by atoms with Crippen LogP contribution in [0.5, 0.6) is 0 Å². The summed E-state index contributed by atoms with van der Waals surface area (Å²) in [5.74, 6) is -1.28. The maximum atomic E-state index is 14.2. The topological polar surface area (TPSA) is 48.0 Å². The molecule has 0 aliphatic carbocycles. The third kappa shape index (κ3) is 4.18. The lowest BCUT2D eigenvalue weighted by atomic mass is 9.85. The standard InChI is InChI=1S/C20H25F3NO4/c1-2-27-18(25)19(20(21,22)23)10-6-7-11-24(19)17-14-26-13-16(28-17)12-15-8-4-3-5-9-15/h3-6,8-9,16-17H,2,7,10-14H2,1H3. The van der Waals surface area contributed by atoms with Gasteiger partial charge in [-0.2, -0.15) is 13.2 Å². The van der Waals surface area contributed by atoms with E-state index < -0.39 is 30.3 Å². The second kappa shape index (κ2) is 8.80. The van der Waals surface area contributed by atoms with Crippen molar-refractivity contribution in [2.45, 2.75) is 50.2 Å². The summed E-state index contributed by atoms with van der Waals surface area (Å²) in [5.41, 5.74) is -1.74. The molecule has 0 spiro atoms. The van der Waals surface area contributed by atoms with Crippen LogP contribution in [0.1, 0.15) is 25.3 Å². The molecule has 2 saturated heterocycles. The highest BCUT2D eigenvalue weighted by Crippen LogP contribution is 2.44. The quantitative estimate of drug-likeness (QED) is 0.711. The molecule has 2 aliphatic rings. The minimum Gasteiger partial charge on any atom is -0.464 e. The molecule has 3 atom stereocenters. The van der Waals surface area contributed by atoms with E-state index in [-0.39, 0.29) is 25.9 Å². The number of likely N-dealkylation sites (tertiary alicyclic amines) is 1. The van der Waals surface area contributed by atoms with Gasteiger partial charge in [0.05, 0.1) is 25.9 Å². The van der Waals surface area contributed by atoms with E-state index in [0.29, 0.717) is 19.4 Å². The van der Waals surface area contributed by atoms with Gasteiger partial charge in [-0.3, -0.25) is 4.90 Å². The molecule has 2 heterocycles. The Balaban J connectivity index is 1.82. The number of hydrogen-bond acceptors (Lipinski definition) is 5. The summed E-state index contributed by atoms with van der Waals surface area (Å²) in [5, 5.41) is 0. The first-order valence-electron chi connectivity index (χ1n) is 9.48. The number of hydrogen-bond donors (Lipinski definition) is 0. The molecule has 3 rings (SSSR count). The van der Waals surface area contributed by atoms with Gasteiger partial charge in [0, 0.05) is 13.0 Å². The van der Waals surface area contributed by atoms with Crippen molar-refractivity contribution in [2.75, 3.05) is 26.4 Å². The number of halogens is 3. The van der Waals surface area contributed by atoms with E-state index in [0.717, 1.165) is 10.5 Å². The van der Waals surface area contributed by atoms with Crippen LogP contribution in [0, 0.1) is 6.42 Å². The molecule has 0 N–H and O–H groups in total. The van der Waals surface area contributed by atoms with Gasteiger partial charge in [-0.25, -0.2) is 4.79 Å². The summed E-state index contributed by atoms with van der Waals surface area (Å²) in [6.45, 7) is 1.69. The highest BCUT2D eigenvalue weighted by molar-refractivity contribution is 5.82. The number of carbonyl (C=O) groups excluding carboxylic acids is 1. The minimum absolute atomic E-state index is 0.0253. The lowest BCUT2D eigenvalue weighted by molar-refractivity contribution is -0.287. The van der Waals surface area contributed by atoms with Crippen molar-refractivity contribution >= 4 is 5.97 Å². The lowest BCUT2D eigenvalue weighted by Gasteiger charge is -2.50. The third-order valence-electron chi connectivity index (χ3n) is 5.15. The molecular weight excluding hydrogens is 375 g/mol. The highest BCUT2D eigenvalue weighted by atomic mass is 19.4. The van der Waals surface area contributed by atoms with Crippen molar-refractivity contribution in [3.05, 3.63) is 42.3 Å². The normalized spacial score (nSPS) is 29.4. The van der Waals surface area contributed by atoms with Crippen LogP contribution in [0.4, 0.5) is 13.2 Å². The van der Waals surface area contributed by atoms with Crippen molar-refractivity contribution in [1.29, 1.82) is 0 Å². The zero-order chi connectivity index (χ0) is 20.2. The predicted octanol–water partition coefficient (Wildman–Crippen LogP) is 3.13. The number of piperidine rings is 1. The Kier molecular flexibility index (Phi) is 6.62. The average Bonchev–Trinajstić information content (AvgIpc) is 2.68. The van der Waals surface area contributed by atoms with E-state index >= 15 is 0 Å². The fourth-order valence-corrected chi connectivity index (χ4v) is 3.83. The molecule has 1 aromatic rings. The molecular formula is C20H25F3NO4. The maximum absolute atomic E-state index is 14.2.